The van der Waals surface area contributed by atoms with E-state index in [1.165, 1.54) is 19.1 Å². The van der Waals surface area contributed by atoms with Crippen molar-refractivity contribution >= 4 is 23.7 Å². The first kappa shape index (κ1) is 19.2. The molecule has 2 atom stereocenters. The molecule has 8 heteroatoms. The van der Waals surface area contributed by atoms with Crippen molar-refractivity contribution in [3.8, 4) is 5.75 Å². The molecule has 2 aromatic carbocycles. The minimum Gasteiger partial charge on any atom is -0.497 e. The molecule has 28 heavy (non-hydrogen) atoms. The lowest BCUT2D eigenvalue weighted by atomic mass is 9.94. The Balaban J connectivity index is 1.67. The molecule has 146 valence electrons. The number of rotatable bonds is 6. The van der Waals surface area contributed by atoms with Gasteiger partial charge in [0, 0.05) is 5.69 Å². The van der Waals surface area contributed by atoms with Crippen molar-refractivity contribution in [2.24, 2.45) is 0 Å². The molecule has 0 spiro atoms. The van der Waals surface area contributed by atoms with Gasteiger partial charge in [0.1, 0.15) is 18.4 Å². The minimum absolute atomic E-state index is 0.0542. The topological polar surface area (TPSA) is 94.2 Å². The van der Waals surface area contributed by atoms with E-state index in [9.17, 15) is 14.4 Å². The highest BCUT2D eigenvalue weighted by Crippen LogP contribution is 2.30. The van der Waals surface area contributed by atoms with Crippen molar-refractivity contribution in [3.05, 3.63) is 60.2 Å². The number of esters is 1. The first-order valence-corrected chi connectivity index (χ1v) is 8.57. The SMILES string of the molecule is COC(=O)[C@H]1[C@@H](NC(=O)OCc2ccccc2)C(=O)N1c1ccc(OC)cc1. The Kier molecular flexibility index (Phi) is 5.78. The third kappa shape index (κ3) is 3.90. The van der Waals surface area contributed by atoms with E-state index < -0.39 is 30.1 Å². The normalized spacial score (nSPS) is 18.1. The molecule has 8 nitrogen and oxygen atoms in total. The van der Waals surface area contributed by atoms with Crippen LogP contribution in [0.2, 0.25) is 0 Å². The van der Waals surface area contributed by atoms with Crippen LogP contribution in [0, 0.1) is 0 Å². The van der Waals surface area contributed by atoms with E-state index in [4.69, 9.17) is 14.2 Å². The molecule has 0 bridgehead atoms. The van der Waals surface area contributed by atoms with Crippen LogP contribution >= 0.6 is 0 Å². The maximum Gasteiger partial charge on any atom is 0.408 e. The number of hydrogen-bond donors (Lipinski definition) is 1. The monoisotopic (exact) mass is 384 g/mol. The Labute approximate surface area is 162 Å². The predicted octanol–water partition coefficient (Wildman–Crippen LogP) is 1.88. The van der Waals surface area contributed by atoms with Crippen LogP contribution in [0.15, 0.2) is 54.6 Å². The number of nitrogens with zero attached hydrogens (tertiary/aromatic N) is 1. The Hall–Kier alpha value is -3.55. The standard InChI is InChI=1S/C20H20N2O6/c1-26-15-10-8-14(9-11-15)22-17(19(24)27-2)16(18(22)23)21-20(25)28-12-13-6-4-3-5-7-13/h3-11,16-17H,12H2,1-2H3,(H,21,25)/t16-,17-/m1/s1. The highest BCUT2D eigenvalue weighted by molar-refractivity contribution is 6.14. The third-order valence-electron chi connectivity index (χ3n) is 4.38. The molecule has 2 aromatic rings. The number of carbonyl (C=O) groups excluding carboxylic acids is 3. The van der Waals surface area contributed by atoms with Gasteiger partial charge in [0.15, 0.2) is 6.04 Å². The number of anilines is 1. The van der Waals surface area contributed by atoms with E-state index in [0.29, 0.717) is 11.4 Å². The number of benzene rings is 2. The third-order valence-corrected chi connectivity index (χ3v) is 4.38. The van der Waals surface area contributed by atoms with Gasteiger partial charge in [-0.25, -0.2) is 9.59 Å². The van der Waals surface area contributed by atoms with Crippen molar-refractivity contribution < 1.29 is 28.6 Å². The van der Waals surface area contributed by atoms with Crippen LogP contribution in [-0.2, 0) is 25.7 Å². The molecule has 3 rings (SSSR count). The molecule has 1 fully saturated rings. The number of β-lactam (4-membered cyclic amide) rings is 1. The lowest BCUT2D eigenvalue weighted by Crippen LogP contribution is -2.74. The average Bonchev–Trinajstić information content (AvgIpc) is 2.74. The second kappa shape index (κ2) is 8.43. The van der Waals surface area contributed by atoms with Gasteiger partial charge < -0.3 is 19.5 Å². The number of amides is 2. The first-order valence-electron chi connectivity index (χ1n) is 8.57. The zero-order chi connectivity index (χ0) is 20.1. The molecule has 1 heterocycles. The van der Waals surface area contributed by atoms with Gasteiger partial charge >= 0.3 is 12.1 Å². The number of hydrogen-bond acceptors (Lipinski definition) is 6. The van der Waals surface area contributed by atoms with E-state index in [0.717, 1.165) is 5.56 Å². The fraction of sp³-hybridized carbons (Fsp3) is 0.250. The summed E-state index contributed by atoms with van der Waals surface area (Å²) in [4.78, 5) is 38.1. The Bertz CT molecular complexity index is 853. The lowest BCUT2D eigenvalue weighted by molar-refractivity contribution is -0.149. The molecule has 2 amide bonds. The summed E-state index contributed by atoms with van der Waals surface area (Å²) in [7, 11) is 2.75. The van der Waals surface area contributed by atoms with Crippen molar-refractivity contribution in [3.63, 3.8) is 0 Å². The van der Waals surface area contributed by atoms with Gasteiger partial charge in [-0.15, -0.1) is 0 Å². The van der Waals surface area contributed by atoms with Crippen LogP contribution in [0.3, 0.4) is 0 Å². The number of ether oxygens (including phenoxy) is 3. The summed E-state index contributed by atoms with van der Waals surface area (Å²) in [5, 5.41) is 2.45. The van der Waals surface area contributed by atoms with Crippen LogP contribution in [-0.4, -0.2) is 44.3 Å². The second-order valence-corrected chi connectivity index (χ2v) is 6.06. The average molecular weight is 384 g/mol. The van der Waals surface area contributed by atoms with Gasteiger partial charge in [-0.3, -0.25) is 9.69 Å². The largest absolute Gasteiger partial charge is 0.497 e. The molecule has 0 saturated carbocycles. The molecule has 1 N–H and O–H groups in total. The molecule has 0 aromatic heterocycles. The van der Waals surface area contributed by atoms with Crippen LogP contribution in [0.5, 0.6) is 5.75 Å². The van der Waals surface area contributed by atoms with Gasteiger partial charge in [-0.1, -0.05) is 30.3 Å². The quantitative estimate of drug-likeness (QED) is 0.604. The van der Waals surface area contributed by atoms with Crippen molar-refractivity contribution in [2.75, 3.05) is 19.1 Å². The second-order valence-electron chi connectivity index (χ2n) is 6.06. The van der Waals surface area contributed by atoms with Gasteiger partial charge in [0.25, 0.3) is 5.91 Å². The van der Waals surface area contributed by atoms with Gasteiger partial charge in [-0.05, 0) is 29.8 Å². The zero-order valence-corrected chi connectivity index (χ0v) is 15.5. The summed E-state index contributed by atoms with van der Waals surface area (Å²) < 4.78 is 15.0. The zero-order valence-electron chi connectivity index (χ0n) is 15.5. The summed E-state index contributed by atoms with van der Waals surface area (Å²) in [6.07, 6.45) is -0.787. The van der Waals surface area contributed by atoms with E-state index in [2.05, 4.69) is 5.32 Å². The molecular formula is C20H20N2O6. The number of carbonyl (C=O) groups is 3. The van der Waals surface area contributed by atoms with Crippen molar-refractivity contribution in [1.29, 1.82) is 0 Å². The van der Waals surface area contributed by atoms with Gasteiger partial charge in [0.05, 0.1) is 14.2 Å². The van der Waals surface area contributed by atoms with E-state index in [1.54, 1.807) is 24.3 Å². The fourth-order valence-corrected chi connectivity index (χ4v) is 2.91. The van der Waals surface area contributed by atoms with Gasteiger partial charge in [0.2, 0.25) is 0 Å². The minimum atomic E-state index is -1.06. The lowest BCUT2D eigenvalue weighted by Gasteiger charge is -2.44. The number of nitrogens with one attached hydrogen (secondary N) is 1. The number of alkyl carbamates (subject to hydrolysis) is 1. The van der Waals surface area contributed by atoms with E-state index in [1.807, 2.05) is 30.3 Å². The van der Waals surface area contributed by atoms with Crippen LogP contribution in [0.4, 0.5) is 10.5 Å². The molecule has 1 saturated heterocycles. The van der Waals surface area contributed by atoms with Gasteiger partial charge in [-0.2, -0.15) is 0 Å². The smallest absolute Gasteiger partial charge is 0.408 e. The van der Waals surface area contributed by atoms with Crippen molar-refractivity contribution in [1.82, 2.24) is 5.32 Å². The van der Waals surface area contributed by atoms with Crippen LogP contribution in [0.25, 0.3) is 0 Å². The summed E-state index contributed by atoms with van der Waals surface area (Å²) in [5.74, 6) is -0.452. The van der Waals surface area contributed by atoms with Crippen LogP contribution < -0.4 is 15.0 Å². The van der Waals surface area contributed by atoms with E-state index in [-0.39, 0.29) is 6.61 Å². The Morgan fingerprint density at radius 2 is 1.71 bits per heavy atom. The summed E-state index contributed by atoms with van der Waals surface area (Å²) >= 11 is 0. The maximum absolute atomic E-state index is 12.6. The highest BCUT2D eigenvalue weighted by Gasteiger charge is 2.54. The predicted molar refractivity (Wildman–Crippen MR) is 99.8 cm³/mol. The fourth-order valence-electron chi connectivity index (χ4n) is 2.91. The van der Waals surface area contributed by atoms with Crippen LogP contribution in [0.1, 0.15) is 5.56 Å². The maximum atomic E-state index is 12.6. The summed E-state index contributed by atoms with van der Waals surface area (Å²) in [5.41, 5.74) is 1.30. The van der Waals surface area contributed by atoms with Crippen molar-refractivity contribution in [2.45, 2.75) is 18.7 Å². The first-order chi connectivity index (χ1) is 13.5. The molecule has 1 aliphatic heterocycles. The molecule has 0 aliphatic carbocycles. The highest BCUT2D eigenvalue weighted by atomic mass is 16.5. The summed E-state index contributed by atoms with van der Waals surface area (Å²) in [6.45, 7) is 0.0542. The Morgan fingerprint density at radius 3 is 2.32 bits per heavy atom. The molecular weight excluding hydrogens is 364 g/mol. The molecule has 0 radical (unpaired) electrons. The van der Waals surface area contributed by atoms with E-state index >= 15 is 0 Å². The number of methoxy groups -OCH3 is 2. The Morgan fingerprint density at radius 1 is 1.04 bits per heavy atom. The molecule has 0 unspecified atom stereocenters. The summed E-state index contributed by atoms with van der Waals surface area (Å²) in [6, 6.07) is 13.7. The molecule has 1 aliphatic rings.